The van der Waals surface area contributed by atoms with Crippen molar-refractivity contribution in [1.29, 1.82) is 0 Å². The molecule has 0 atom stereocenters. The summed E-state index contributed by atoms with van der Waals surface area (Å²) in [5, 5.41) is 0.809. The predicted molar refractivity (Wildman–Crippen MR) is 69.9 cm³/mol. The minimum absolute atomic E-state index is 0.161. The van der Waals surface area contributed by atoms with Crippen LogP contribution in [0.5, 0.6) is 5.75 Å². The summed E-state index contributed by atoms with van der Waals surface area (Å²) in [5.41, 5.74) is 2.48. The van der Waals surface area contributed by atoms with E-state index < -0.39 is 5.82 Å². The molecule has 2 aromatic rings. The van der Waals surface area contributed by atoms with Gasteiger partial charge in [0.05, 0.1) is 26.2 Å². The zero-order valence-electron chi connectivity index (χ0n) is 11.4. The van der Waals surface area contributed by atoms with Gasteiger partial charge in [-0.2, -0.15) is 0 Å². The predicted octanol–water partition coefficient (Wildman–Crippen LogP) is 2.35. The fraction of sp³-hybridized carbons (Fsp3) is 0.357. The van der Waals surface area contributed by atoms with Crippen LogP contribution in [0.1, 0.15) is 11.3 Å². The number of aromatic nitrogens is 1. The Bertz CT molecular complexity index is 646. The van der Waals surface area contributed by atoms with Crippen LogP contribution >= 0.6 is 0 Å². The molecule has 0 aliphatic carbocycles. The first kappa shape index (κ1) is 13.4. The van der Waals surface area contributed by atoms with Crippen LogP contribution in [0.2, 0.25) is 0 Å². The van der Waals surface area contributed by atoms with E-state index in [1.54, 1.807) is 6.07 Å². The molecule has 0 spiro atoms. The highest BCUT2D eigenvalue weighted by Crippen LogP contribution is 2.31. The minimum Gasteiger partial charge on any atom is -0.494 e. The maximum Gasteiger partial charge on any atom is 0.310 e. The van der Waals surface area contributed by atoms with E-state index in [2.05, 4.69) is 0 Å². The van der Waals surface area contributed by atoms with Gasteiger partial charge in [-0.25, -0.2) is 4.39 Å². The lowest BCUT2D eigenvalue weighted by molar-refractivity contribution is -0.139. The molecule has 0 fully saturated rings. The zero-order valence-corrected chi connectivity index (χ0v) is 11.4. The highest BCUT2D eigenvalue weighted by Gasteiger charge is 2.18. The van der Waals surface area contributed by atoms with E-state index >= 15 is 0 Å². The number of halogens is 1. The molecule has 0 unspecified atom stereocenters. The van der Waals surface area contributed by atoms with Gasteiger partial charge in [-0.05, 0) is 18.6 Å². The average Bonchev–Trinajstić information content (AvgIpc) is 2.62. The number of nitrogens with zero attached hydrogens (tertiary/aromatic N) is 1. The maximum absolute atomic E-state index is 13.7. The molecule has 0 saturated heterocycles. The number of aryl methyl sites for hydroxylation is 1. The molecule has 1 aromatic carbocycles. The maximum atomic E-state index is 13.7. The molecule has 4 nitrogen and oxygen atoms in total. The van der Waals surface area contributed by atoms with Gasteiger partial charge in [0.2, 0.25) is 0 Å². The summed E-state index contributed by atoms with van der Waals surface area (Å²) in [6.07, 6.45) is 0.161. The van der Waals surface area contributed by atoms with E-state index in [0.29, 0.717) is 0 Å². The van der Waals surface area contributed by atoms with Crippen LogP contribution in [0.15, 0.2) is 12.1 Å². The van der Waals surface area contributed by atoms with Crippen molar-refractivity contribution in [2.75, 3.05) is 14.2 Å². The first-order chi connectivity index (χ1) is 8.99. The molecule has 1 heterocycles. The van der Waals surface area contributed by atoms with Crippen LogP contribution in [0, 0.1) is 12.7 Å². The van der Waals surface area contributed by atoms with Gasteiger partial charge >= 0.3 is 5.97 Å². The number of esters is 1. The lowest BCUT2D eigenvalue weighted by atomic mass is 10.1. The topological polar surface area (TPSA) is 40.5 Å². The van der Waals surface area contributed by atoms with Crippen molar-refractivity contribution in [3.8, 4) is 5.75 Å². The summed E-state index contributed by atoms with van der Waals surface area (Å²) in [5.74, 6) is -0.566. The molecule has 0 radical (unpaired) electrons. The van der Waals surface area contributed by atoms with Gasteiger partial charge in [-0.1, -0.05) is 0 Å². The number of hydrogen-bond donors (Lipinski definition) is 0. The fourth-order valence-corrected chi connectivity index (χ4v) is 2.24. The van der Waals surface area contributed by atoms with Gasteiger partial charge in [0, 0.05) is 24.2 Å². The Morgan fingerprint density at radius 2 is 2.05 bits per heavy atom. The van der Waals surface area contributed by atoms with E-state index in [-0.39, 0.29) is 18.1 Å². The van der Waals surface area contributed by atoms with Crippen LogP contribution in [0.4, 0.5) is 4.39 Å². The molecule has 0 aliphatic heterocycles. The van der Waals surface area contributed by atoms with E-state index in [4.69, 9.17) is 9.47 Å². The van der Waals surface area contributed by atoms with Gasteiger partial charge in [-0.3, -0.25) is 4.79 Å². The van der Waals surface area contributed by atoms with Crippen molar-refractivity contribution >= 4 is 16.9 Å². The Kier molecular flexibility index (Phi) is 3.46. The molecule has 102 valence electrons. The zero-order chi connectivity index (χ0) is 14.2. The molecule has 0 saturated carbocycles. The Hall–Kier alpha value is -2.04. The molecule has 19 heavy (non-hydrogen) atoms. The van der Waals surface area contributed by atoms with Gasteiger partial charge in [0.15, 0.2) is 11.6 Å². The Labute approximate surface area is 110 Å². The molecule has 0 aliphatic rings. The first-order valence-electron chi connectivity index (χ1n) is 5.87. The van der Waals surface area contributed by atoms with Gasteiger partial charge in [0.25, 0.3) is 0 Å². The monoisotopic (exact) mass is 265 g/mol. The molecule has 0 amide bonds. The fourth-order valence-electron chi connectivity index (χ4n) is 2.24. The van der Waals surface area contributed by atoms with Crippen LogP contribution in [0.3, 0.4) is 0 Å². The van der Waals surface area contributed by atoms with Crippen molar-refractivity contribution in [2.24, 2.45) is 7.05 Å². The SMILES string of the molecule is COC(=O)Cc1c(C)n(C)c2cc(F)c(OC)cc12. The van der Waals surface area contributed by atoms with Crippen molar-refractivity contribution < 1.29 is 18.7 Å². The quantitative estimate of drug-likeness (QED) is 0.800. The number of ether oxygens (including phenoxy) is 2. The Balaban J connectivity index is 2.68. The second-order valence-electron chi connectivity index (χ2n) is 4.38. The second-order valence-corrected chi connectivity index (χ2v) is 4.38. The molecule has 5 heteroatoms. The summed E-state index contributed by atoms with van der Waals surface area (Å²) in [6, 6.07) is 3.04. The van der Waals surface area contributed by atoms with E-state index in [0.717, 1.165) is 22.2 Å². The summed E-state index contributed by atoms with van der Waals surface area (Å²) >= 11 is 0. The van der Waals surface area contributed by atoms with Crippen molar-refractivity contribution in [3.63, 3.8) is 0 Å². The number of hydrogen-bond acceptors (Lipinski definition) is 3. The summed E-state index contributed by atoms with van der Waals surface area (Å²) in [7, 11) is 4.60. The first-order valence-corrected chi connectivity index (χ1v) is 5.87. The summed E-state index contributed by atoms with van der Waals surface area (Å²) in [6.45, 7) is 1.89. The van der Waals surface area contributed by atoms with Crippen LogP contribution < -0.4 is 4.74 Å². The third-order valence-electron chi connectivity index (χ3n) is 3.45. The molecule has 0 bridgehead atoms. The van der Waals surface area contributed by atoms with E-state index in [1.807, 2.05) is 18.5 Å². The highest BCUT2D eigenvalue weighted by atomic mass is 19.1. The van der Waals surface area contributed by atoms with Crippen molar-refractivity contribution in [1.82, 2.24) is 4.57 Å². The van der Waals surface area contributed by atoms with Crippen LogP contribution in [-0.4, -0.2) is 24.8 Å². The number of fused-ring (bicyclic) bond motifs is 1. The summed E-state index contributed by atoms with van der Waals surface area (Å²) < 4.78 is 25.3. The lowest BCUT2D eigenvalue weighted by Crippen LogP contribution is -2.05. The average molecular weight is 265 g/mol. The normalized spacial score (nSPS) is 10.8. The standard InChI is InChI=1S/C14H16FNO3/c1-8-9(6-14(17)19-4)10-5-13(18-3)11(15)7-12(10)16(8)2/h5,7H,6H2,1-4H3. The van der Waals surface area contributed by atoms with Crippen LogP contribution in [-0.2, 0) is 23.0 Å². The number of methoxy groups -OCH3 is 2. The number of benzene rings is 1. The largest absolute Gasteiger partial charge is 0.494 e. The summed E-state index contributed by atoms with van der Waals surface area (Å²) in [4.78, 5) is 11.5. The highest BCUT2D eigenvalue weighted by molar-refractivity contribution is 5.90. The lowest BCUT2D eigenvalue weighted by Gasteiger charge is -2.04. The smallest absolute Gasteiger partial charge is 0.310 e. The van der Waals surface area contributed by atoms with E-state index in [1.165, 1.54) is 20.3 Å². The second kappa shape index (κ2) is 4.91. The van der Waals surface area contributed by atoms with Gasteiger partial charge in [-0.15, -0.1) is 0 Å². The molecular weight excluding hydrogens is 249 g/mol. The van der Waals surface area contributed by atoms with Crippen molar-refractivity contribution in [3.05, 3.63) is 29.2 Å². The third-order valence-corrected chi connectivity index (χ3v) is 3.45. The molecule has 1 aromatic heterocycles. The molecule has 0 N–H and O–H groups in total. The van der Waals surface area contributed by atoms with Crippen LogP contribution in [0.25, 0.3) is 10.9 Å². The Morgan fingerprint density at radius 1 is 1.37 bits per heavy atom. The third kappa shape index (κ3) is 2.16. The Morgan fingerprint density at radius 3 is 2.63 bits per heavy atom. The molecular formula is C14H16FNO3. The van der Waals surface area contributed by atoms with Crippen molar-refractivity contribution in [2.45, 2.75) is 13.3 Å². The van der Waals surface area contributed by atoms with Gasteiger partial charge < -0.3 is 14.0 Å². The number of carbonyl (C=O) groups is 1. The molecule has 2 rings (SSSR count). The number of rotatable bonds is 3. The minimum atomic E-state index is -0.416. The number of carbonyl (C=O) groups excluding carboxylic acids is 1. The van der Waals surface area contributed by atoms with Gasteiger partial charge in [0.1, 0.15) is 0 Å². The van der Waals surface area contributed by atoms with E-state index in [9.17, 15) is 9.18 Å².